The molecular formula is C31H39FN2O3. The number of nitrogens with one attached hydrogen (secondary N) is 1. The van der Waals surface area contributed by atoms with Crippen LogP contribution in [0.1, 0.15) is 70.9 Å². The SMILES string of the molecule is COCCNC(=O)c1cc2c(cc1C)=CCC(C)N(CC1CCCC(C(=O)c3cc(C)cc(F)c3)C1)C=2. The average molecular weight is 507 g/mol. The quantitative estimate of drug-likeness (QED) is 0.432. The van der Waals surface area contributed by atoms with Crippen LogP contribution >= 0.6 is 0 Å². The third kappa shape index (κ3) is 6.67. The highest BCUT2D eigenvalue weighted by Gasteiger charge is 2.30. The van der Waals surface area contributed by atoms with E-state index in [-0.39, 0.29) is 23.4 Å². The minimum Gasteiger partial charge on any atom is -0.383 e. The first-order valence-electron chi connectivity index (χ1n) is 13.4. The smallest absolute Gasteiger partial charge is 0.251 e. The maximum absolute atomic E-state index is 13.9. The summed E-state index contributed by atoms with van der Waals surface area (Å²) in [5.41, 5.74) is 2.91. The highest BCUT2D eigenvalue weighted by Crippen LogP contribution is 2.33. The molecule has 1 N–H and O–H groups in total. The van der Waals surface area contributed by atoms with Crippen molar-refractivity contribution >= 4 is 24.0 Å². The van der Waals surface area contributed by atoms with Crippen LogP contribution in [0.3, 0.4) is 0 Å². The molecule has 1 amide bonds. The number of hydrogen-bond donors (Lipinski definition) is 1. The second kappa shape index (κ2) is 12.0. The van der Waals surface area contributed by atoms with Crippen molar-refractivity contribution in [2.75, 3.05) is 26.8 Å². The lowest BCUT2D eigenvalue weighted by molar-refractivity contribution is 0.0848. The van der Waals surface area contributed by atoms with Crippen LogP contribution in [-0.4, -0.2) is 49.4 Å². The van der Waals surface area contributed by atoms with Crippen LogP contribution in [0.2, 0.25) is 0 Å². The van der Waals surface area contributed by atoms with E-state index in [9.17, 15) is 14.0 Å². The predicted molar refractivity (Wildman–Crippen MR) is 145 cm³/mol. The van der Waals surface area contributed by atoms with Crippen LogP contribution in [0.25, 0.3) is 12.3 Å². The van der Waals surface area contributed by atoms with Gasteiger partial charge in [-0.3, -0.25) is 9.59 Å². The monoisotopic (exact) mass is 506 g/mol. The van der Waals surface area contributed by atoms with Gasteiger partial charge in [0.2, 0.25) is 0 Å². The highest BCUT2D eigenvalue weighted by molar-refractivity contribution is 5.98. The van der Waals surface area contributed by atoms with Crippen molar-refractivity contribution in [3.8, 4) is 0 Å². The first kappa shape index (κ1) is 27.1. The summed E-state index contributed by atoms with van der Waals surface area (Å²) in [5.74, 6) is -0.0408. The summed E-state index contributed by atoms with van der Waals surface area (Å²) in [6.07, 6.45) is 9.14. The van der Waals surface area contributed by atoms with Crippen molar-refractivity contribution in [3.05, 3.63) is 68.8 Å². The van der Waals surface area contributed by atoms with Crippen LogP contribution in [0.15, 0.2) is 30.3 Å². The molecular weight excluding hydrogens is 467 g/mol. The third-order valence-electron chi connectivity index (χ3n) is 7.77. The molecule has 1 heterocycles. The maximum Gasteiger partial charge on any atom is 0.251 e. The first-order chi connectivity index (χ1) is 17.7. The predicted octanol–water partition coefficient (Wildman–Crippen LogP) is 4.12. The molecule has 37 heavy (non-hydrogen) atoms. The Morgan fingerprint density at radius 1 is 1.11 bits per heavy atom. The van der Waals surface area contributed by atoms with Crippen LogP contribution in [0, 0.1) is 31.5 Å². The van der Waals surface area contributed by atoms with Crippen LogP contribution in [-0.2, 0) is 4.74 Å². The zero-order valence-corrected chi connectivity index (χ0v) is 22.5. The number of benzene rings is 2. The third-order valence-corrected chi connectivity index (χ3v) is 7.77. The standard InChI is InChI=1S/C31H39FN2O3/c1-20-12-26(16-28(32)13-20)30(35)25-7-5-6-23(15-25)18-34-19-27-17-29(31(36)33-10-11-37-4)21(2)14-24(27)9-8-22(34)3/h9,12-14,16-17,19,22-23,25H,5-8,10-11,15,18H2,1-4H3,(H,33,36). The number of nitrogens with zero attached hydrogens (tertiary/aromatic N) is 1. The Morgan fingerprint density at radius 3 is 2.68 bits per heavy atom. The molecule has 1 fully saturated rings. The normalized spacial score (nSPS) is 21.3. The van der Waals surface area contributed by atoms with Gasteiger partial charge in [0.1, 0.15) is 5.82 Å². The molecule has 6 heteroatoms. The summed E-state index contributed by atoms with van der Waals surface area (Å²) >= 11 is 0. The zero-order chi connectivity index (χ0) is 26.5. The fourth-order valence-corrected chi connectivity index (χ4v) is 5.72. The summed E-state index contributed by atoms with van der Waals surface area (Å²) < 4.78 is 19.0. The van der Waals surface area contributed by atoms with E-state index in [0.717, 1.165) is 60.2 Å². The van der Waals surface area contributed by atoms with Gasteiger partial charge >= 0.3 is 0 Å². The molecule has 1 aliphatic carbocycles. The molecule has 2 aromatic rings. The second-order valence-electron chi connectivity index (χ2n) is 10.8. The van der Waals surface area contributed by atoms with Crippen molar-refractivity contribution in [2.24, 2.45) is 11.8 Å². The van der Waals surface area contributed by atoms with E-state index in [1.165, 1.54) is 12.1 Å². The van der Waals surface area contributed by atoms with Gasteiger partial charge in [-0.1, -0.05) is 18.6 Å². The lowest BCUT2D eigenvalue weighted by atomic mass is 9.77. The van der Waals surface area contributed by atoms with Crippen molar-refractivity contribution in [1.82, 2.24) is 10.2 Å². The van der Waals surface area contributed by atoms with Crippen LogP contribution in [0.5, 0.6) is 0 Å². The molecule has 4 rings (SSSR count). The molecule has 3 atom stereocenters. The van der Waals surface area contributed by atoms with Crippen LogP contribution in [0.4, 0.5) is 4.39 Å². The minimum absolute atomic E-state index is 0.0638. The number of ketones is 1. The molecule has 0 saturated heterocycles. The number of rotatable bonds is 8. The number of aryl methyl sites for hydroxylation is 2. The van der Waals surface area contributed by atoms with Gasteiger partial charge in [0, 0.05) is 49.5 Å². The zero-order valence-electron chi connectivity index (χ0n) is 22.5. The molecule has 2 aliphatic rings. The molecule has 2 aromatic carbocycles. The number of halogens is 1. The van der Waals surface area contributed by atoms with E-state index >= 15 is 0 Å². The van der Waals surface area contributed by atoms with Crippen molar-refractivity contribution in [3.63, 3.8) is 0 Å². The van der Waals surface area contributed by atoms with E-state index in [4.69, 9.17) is 4.74 Å². The topological polar surface area (TPSA) is 58.6 Å². The van der Waals surface area contributed by atoms with Gasteiger partial charge in [-0.05, 0) is 98.2 Å². The first-order valence-corrected chi connectivity index (χ1v) is 13.4. The van der Waals surface area contributed by atoms with E-state index < -0.39 is 0 Å². The minimum atomic E-state index is -0.347. The number of carbonyl (C=O) groups is 2. The van der Waals surface area contributed by atoms with E-state index in [2.05, 4.69) is 35.5 Å². The molecule has 0 bridgehead atoms. The Bertz CT molecular complexity index is 1250. The van der Waals surface area contributed by atoms with Gasteiger partial charge in [-0.15, -0.1) is 0 Å². The van der Waals surface area contributed by atoms with Gasteiger partial charge in [0.25, 0.3) is 5.91 Å². The highest BCUT2D eigenvalue weighted by atomic mass is 19.1. The molecule has 3 unspecified atom stereocenters. The maximum atomic E-state index is 13.9. The van der Waals surface area contributed by atoms with E-state index in [0.29, 0.717) is 36.2 Å². The van der Waals surface area contributed by atoms with Gasteiger partial charge in [0.05, 0.1) is 6.61 Å². The fraction of sp³-hybridized carbons (Fsp3) is 0.484. The lowest BCUT2D eigenvalue weighted by Crippen LogP contribution is -2.37. The number of Topliss-reactive ketones (excluding diaryl/α,β-unsaturated/α-hetero) is 1. The van der Waals surface area contributed by atoms with E-state index in [1.807, 2.05) is 19.9 Å². The van der Waals surface area contributed by atoms with Gasteiger partial charge < -0.3 is 15.0 Å². The summed E-state index contributed by atoms with van der Waals surface area (Å²) in [7, 11) is 1.62. The summed E-state index contributed by atoms with van der Waals surface area (Å²) in [6, 6.07) is 9.05. The number of carbonyl (C=O) groups excluding carboxylic acids is 2. The Hall–Kier alpha value is -2.99. The largest absolute Gasteiger partial charge is 0.383 e. The second-order valence-corrected chi connectivity index (χ2v) is 10.8. The summed E-state index contributed by atoms with van der Waals surface area (Å²) in [6.45, 7) is 7.84. The molecule has 198 valence electrons. The number of hydrogen-bond acceptors (Lipinski definition) is 4. The number of fused-ring (bicyclic) bond motifs is 1. The van der Waals surface area contributed by atoms with Gasteiger partial charge in [-0.25, -0.2) is 4.39 Å². The number of methoxy groups -OCH3 is 1. The Labute approximate surface area is 219 Å². The van der Waals surface area contributed by atoms with E-state index in [1.54, 1.807) is 13.2 Å². The summed E-state index contributed by atoms with van der Waals surface area (Å²) in [5, 5.41) is 5.13. The molecule has 1 aliphatic heterocycles. The molecule has 0 aromatic heterocycles. The molecule has 0 spiro atoms. The molecule has 5 nitrogen and oxygen atoms in total. The van der Waals surface area contributed by atoms with Crippen molar-refractivity contribution in [1.29, 1.82) is 0 Å². The molecule has 1 saturated carbocycles. The number of ether oxygens (including phenoxy) is 1. The van der Waals surface area contributed by atoms with Crippen molar-refractivity contribution < 1.29 is 18.7 Å². The van der Waals surface area contributed by atoms with Crippen LogP contribution < -0.4 is 15.8 Å². The Balaban J connectivity index is 1.52. The number of amides is 1. The van der Waals surface area contributed by atoms with Gasteiger partial charge in [0.15, 0.2) is 5.78 Å². The lowest BCUT2D eigenvalue weighted by Gasteiger charge is -2.35. The Morgan fingerprint density at radius 2 is 1.92 bits per heavy atom. The van der Waals surface area contributed by atoms with Gasteiger partial charge in [-0.2, -0.15) is 0 Å². The molecule has 0 radical (unpaired) electrons. The fourth-order valence-electron chi connectivity index (χ4n) is 5.72. The Kier molecular flexibility index (Phi) is 8.80. The summed E-state index contributed by atoms with van der Waals surface area (Å²) in [4.78, 5) is 28.4. The average Bonchev–Trinajstić information content (AvgIpc) is 3.01. The van der Waals surface area contributed by atoms with Crippen molar-refractivity contribution in [2.45, 2.75) is 58.9 Å².